The quantitative estimate of drug-likeness (QED) is 0.404. The van der Waals surface area contributed by atoms with Gasteiger partial charge in [0.25, 0.3) is 0 Å². The van der Waals surface area contributed by atoms with E-state index in [1.165, 1.54) is 6.33 Å². The molecule has 0 unspecified atom stereocenters. The van der Waals surface area contributed by atoms with Crippen molar-refractivity contribution in [1.29, 1.82) is 0 Å². The van der Waals surface area contributed by atoms with Gasteiger partial charge >= 0.3 is 12.4 Å². The number of ether oxygens (including phenoxy) is 1. The van der Waals surface area contributed by atoms with Crippen LogP contribution in [0.3, 0.4) is 0 Å². The fraction of sp³-hybridized carbons (Fsp3) is 0.417. The molecule has 5 nitrogen and oxygen atoms in total. The van der Waals surface area contributed by atoms with E-state index in [1.807, 2.05) is 37.3 Å². The summed E-state index contributed by atoms with van der Waals surface area (Å²) in [6, 6.07) is 10.5. The Hall–Kier alpha value is -2.92. The first-order valence-electron chi connectivity index (χ1n) is 11.1. The maximum absolute atomic E-state index is 13.3. The van der Waals surface area contributed by atoms with Crippen LogP contribution in [0.2, 0.25) is 0 Å². The molecule has 2 heterocycles. The molecule has 2 aromatic carbocycles. The van der Waals surface area contributed by atoms with Crippen molar-refractivity contribution in [3.05, 3.63) is 82.9 Å². The smallest absolute Gasteiger partial charge is 0.372 e. The minimum Gasteiger partial charge on any atom is -0.372 e. The van der Waals surface area contributed by atoms with E-state index in [9.17, 15) is 26.3 Å². The predicted octanol–water partition coefficient (Wildman–Crippen LogP) is 6.33. The molecule has 4 rings (SSSR count). The predicted molar refractivity (Wildman–Crippen MR) is 115 cm³/mol. The van der Waals surface area contributed by atoms with Crippen LogP contribution in [-0.2, 0) is 23.7 Å². The van der Waals surface area contributed by atoms with E-state index in [2.05, 4.69) is 20.1 Å². The first kappa shape index (κ1) is 25.2. The van der Waals surface area contributed by atoms with E-state index in [-0.39, 0.29) is 30.3 Å². The van der Waals surface area contributed by atoms with Crippen LogP contribution in [0.4, 0.5) is 26.3 Å². The first-order chi connectivity index (χ1) is 16.5. The molecule has 11 heteroatoms. The zero-order valence-electron chi connectivity index (χ0n) is 18.8. The fourth-order valence-electron chi connectivity index (χ4n) is 4.53. The molecule has 1 aromatic heterocycles. The summed E-state index contributed by atoms with van der Waals surface area (Å²) in [5.74, 6) is 0.583. The molecule has 0 amide bonds. The number of halogens is 6. The van der Waals surface area contributed by atoms with Crippen LogP contribution < -0.4 is 0 Å². The topological polar surface area (TPSA) is 54.0 Å². The lowest BCUT2D eigenvalue weighted by atomic mass is 9.90. The standard InChI is InChI=1S/C24H24F6N4O/c1-15(22-31-14-32-33-22)34-9-5-8-20(21(34)17-6-3-2-4-7-17)35-13-16-10-18(23(25,26)27)12-19(11-16)24(28,29)30/h2-4,6-7,10-12,14-15,20-21H,5,8-9,13H2,1H3,(H,31,32,33)/t15-,20+,21+/m1/s1. The summed E-state index contributed by atoms with van der Waals surface area (Å²) in [6.07, 6.45) is -7.46. The lowest BCUT2D eigenvalue weighted by molar-refractivity contribution is -0.143. The summed E-state index contributed by atoms with van der Waals surface area (Å²) in [7, 11) is 0. The highest BCUT2D eigenvalue weighted by atomic mass is 19.4. The van der Waals surface area contributed by atoms with Gasteiger partial charge in [-0.15, -0.1) is 0 Å². The molecule has 0 spiro atoms. The number of hydrogen-bond acceptors (Lipinski definition) is 4. The molecular weight excluding hydrogens is 474 g/mol. The summed E-state index contributed by atoms with van der Waals surface area (Å²) in [6.45, 7) is 2.27. The molecule has 0 radical (unpaired) electrons. The van der Waals surface area contributed by atoms with E-state index >= 15 is 0 Å². The third kappa shape index (κ3) is 5.84. The Balaban J connectivity index is 1.62. The molecule has 1 aliphatic heterocycles. The minimum atomic E-state index is -4.91. The number of piperidine rings is 1. The lowest BCUT2D eigenvalue weighted by Crippen LogP contribution is -2.44. The van der Waals surface area contributed by atoms with Gasteiger partial charge in [-0.25, -0.2) is 4.98 Å². The molecule has 0 bridgehead atoms. The van der Waals surface area contributed by atoms with E-state index < -0.39 is 29.6 Å². The number of benzene rings is 2. The van der Waals surface area contributed by atoms with Crippen molar-refractivity contribution in [3.63, 3.8) is 0 Å². The summed E-state index contributed by atoms with van der Waals surface area (Å²) >= 11 is 0. The van der Waals surface area contributed by atoms with Gasteiger partial charge in [0.2, 0.25) is 0 Å². The normalized spacial score (nSPS) is 20.7. The van der Waals surface area contributed by atoms with E-state index in [4.69, 9.17) is 4.74 Å². The highest BCUT2D eigenvalue weighted by molar-refractivity contribution is 5.33. The Morgan fingerprint density at radius 1 is 1.03 bits per heavy atom. The second-order valence-electron chi connectivity index (χ2n) is 8.53. The minimum absolute atomic E-state index is 0.122. The monoisotopic (exact) mass is 498 g/mol. The number of aromatic nitrogens is 3. The molecule has 1 fully saturated rings. The Labute approximate surface area is 198 Å². The number of nitrogens with zero attached hydrogens (tertiary/aromatic N) is 3. The van der Waals surface area contributed by atoms with Crippen molar-refractivity contribution in [2.45, 2.75) is 56.9 Å². The summed E-state index contributed by atoms with van der Waals surface area (Å²) in [4.78, 5) is 6.39. The second kappa shape index (κ2) is 9.98. The van der Waals surface area contributed by atoms with Crippen LogP contribution in [-0.4, -0.2) is 32.7 Å². The first-order valence-corrected chi connectivity index (χ1v) is 11.1. The number of H-pyrrole nitrogens is 1. The summed E-state index contributed by atoms with van der Waals surface area (Å²) in [5, 5.41) is 6.87. The molecule has 0 saturated carbocycles. The van der Waals surface area contributed by atoms with Crippen LogP contribution in [0.1, 0.15) is 59.9 Å². The number of nitrogens with one attached hydrogen (secondary N) is 1. The van der Waals surface area contributed by atoms with E-state index in [0.29, 0.717) is 30.9 Å². The zero-order chi connectivity index (χ0) is 25.2. The Bertz CT molecular complexity index is 1070. The van der Waals surface area contributed by atoms with Gasteiger partial charge in [-0.05, 0) is 55.6 Å². The molecule has 1 saturated heterocycles. The number of likely N-dealkylation sites (tertiary alicyclic amines) is 1. The third-order valence-corrected chi connectivity index (χ3v) is 6.17. The average Bonchev–Trinajstić information content (AvgIpc) is 3.36. The Morgan fingerprint density at radius 2 is 1.69 bits per heavy atom. The lowest BCUT2D eigenvalue weighted by Gasteiger charge is -2.43. The van der Waals surface area contributed by atoms with Gasteiger partial charge in [0.05, 0.1) is 35.9 Å². The van der Waals surface area contributed by atoms with Crippen LogP contribution in [0.15, 0.2) is 54.9 Å². The largest absolute Gasteiger partial charge is 0.416 e. The molecule has 0 aliphatic carbocycles. The second-order valence-corrected chi connectivity index (χ2v) is 8.53. The molecule has 188 valence electrons. The molecule has 3 aromatic rings. The van der Waals surface area contributed by atoms with Gasteiger partial charge in [-0.2, -0.15) is 31.4 Å². The highest BCUT2D eigenvalue weighted by Gasteiger charge is 2.39. The van der Waals surface area contributed by atoms with Crippen LogP contribution in [0.25, 0.3) is 0 Å². The highest BCUT2D eigenvalue weighted by Crippen LogP contribution is 2.40. The van der Waals surface area contributed by atoms with Crippen molar-refractivity contribution >= 4 is 0 Å². The van der Waals surface area contributed by atoms with Gasteiger partial charge in [-0.3, -0.25) is 10.00 Å². The van der Waals surface area contributed by atoms with Crippen molar-refractivity contribution in [2.24, 2.45) is 0 Å². The van der Waals surface area contributed by atoms with Crippen LogP contribution in [0.5, 0.6) is 0 Å². The van der Waals surface area contributed by atoms with Gasteiger partial charge in [-0.1, -0.05) is 30.3 Å². The van der Waals surface area contributed by atoms with Crippen molar-refractivity contribution in [2.75, 3.05) is 6.54 Å². The maximum Gasteiger partial charge on any atom is 0.416 e. The average molecular weight is 498 g/mol. The number of alkyl halides is 6. The van der Waals surface area contributed by atoms with Crippen LogP contribution in [0, 0.1) is 0 Å². The van der Waals surface area contributed by atoms with Crippen molar-refractivity contribution in [1.82, 2.24) is 20.1 Å². The molecule has 1 aliphatic rings. The van der Waals surface area contributed by atoms with Gasteiger partial charge in [0, 0.05) is 0 Å². The number of aromatic amines is 1. The number of hydrogen-bond donors (Lipinski definition) is 1. The summed E-state index contributed by atoms with van der Waals surface area (Å²) in [5.41, 5.74) is -1.96. The Kier molecular flexibility index (Phi) is 7.18. The molecule has 1 N–H and O–H groups in total. The van der Waals surface area contributed by atoms with Gasteiger partial charge < -0.3 is 4.74 Å². The molecular formula is C24H24F6N4O. The Morgan fingerprint density at radius 3 is 2.26 bits per heavy atom. The van der Waals surface area contributed by atoms with Gasteiger partial charge in [0.15, 0.2) is 5.82 Å². The zero-order valence-corrected chi connectivity index (χ0v) is 18.8. The van der Waals surface area contributed by atoms with E-state index in [0.717, 1.165) is 12.0 Å². The third-order valence-electron chi connectivity index (χ3n) is 6.17. The van der Waals surface area contributed by atoms with Crippen molar-refractivity contribution < 1.29 is 31.1 Å². The fourth-order valence-corrected chi connectivity index (χ4v) is 4.53. The molecule has 3 atom stereocenters. The maximum atomic E-state index is 13.3. The van der Waals surface area contributed by atoms with Gasteiger partial charge in [0.1, 0.15) is 6.33 Å². The SMILES string of the molecule is C[C@H](c1nc[nH]n1)N1CCC[C@H](OCc2cc(C(F)(F)F)cc(C(F)(F)F)c2)[C@@H]1c1ccccc1. The molecule has 35 heavy (non-hydrogen) atoms. The van der Waals surface area contributed by atoms with Crippen LogP contribution >= 0.6 is 0 Å². The van der Waals surface area contributed by atoms with Crippen molar-refractivity contribution in [3.8, 4) is 0 Å². The van der Waals surface area contributed by atoms with E-state index in [1.54, 1.807) is 0 Å². The summed E-state index contributed by atoms with van der Waals surface area (Å²) < 4.78 is 85.6. The number of rotatable bonds is 6.